The second kappa shape index (κ2) is 8.43. The number of carbonyl (C=O) groups is 1. The van der Waals surface area contributed by atoms with Gasteiger partial charge in [-0.3, -0.25) is 9.59 Å². The third-order valence-corrected chi connectivity index (χ3v) is 6.11. The molecule has 1 heterocycles. The number of nitrogens with zero attached hydrogens (tertiary/aromatic N) is 2. The molecule has 2 N–H and O–H groups in total. The lowest BCUT2D eigenvalue weighted by Gasteiger charge is -2.21. The Bertz CT molecular complexity index is 1220. The predicted molar refractivity (Wildman–Crippen MR) is 102 cm³/mol. The summed E-state index contributed by atoms with van der Waals surface area (Å²) in [5.41, 5.74) is -6.60. The van der Waals surface area contributed by atoms with Gasteiger partial charge in [0.05, 0.1) is 10.6 Å². The second-order valence-corrected chi connectivity index (χ2v) is 8.57. The molecule has 1 aromatic carbocycles. The topological polar surface area (TPSA) is 121 Å². The fraction of sp³-hybridized carbons (Fsp3) is 0.312. The number of carbonyl (C=O) groups excluding carboxylic acids is 1. The monoisotopic (exact) mass is 486 g/mol. The summed E-state index contributed by atoms with van der Waals surface area (Å²) < 4.78 is 79.5. The number of rotatable bonds is 5. The van der Waals surface area contributed by atoms with E-state index < -0.39 is 67.4 Å². The van der Waals surface area contributed by atoms with Crippen LogP contribution in [-0.2, 0) is 16.4 Å². The number of aromatic nitrogens is 2. The Kier molecular flexibility index (Phi) is 6.68. The lowest BCUT2D eigenvalue weighted by Crippen LogP contribution is -2.44. The minimum atomic E-state index is -5.06. The molecule has 2 aromatic rings. The van der Waals surface area contributed by atoms with E-state index in [9.17, 15) is 40.4 Å². The molecule has 31 heavy (non-hydrogen) atoms. The molecule has 1 amide bonds. The SMILES string of the molecule is CC(C)N(C)S(=O)(=O)NC(=O)c1ccc(F)c(-n2c(=O)cc(C(F)(F)F)[nH]c2=O)c1Cl. The number of halogens is 5. The summed E-state index contributed by atoms with van der Waals surface area (Å²) in [6.45, 7) is 3.05. The van der Waals surface area contributed by atoms with Crippen molar-refractivity contribution < 1.29 is 30.8 Å². The van der Waals surface area contributed by atoms with Crippen LogP contribution in [0.4, 0.5) is 17.6 Å². The number of hydrogen-bond acceptors (Lipinski definition) is 5. The van der Waals surface area contributed by atoms with Crippen molar-refractivity contribution in [2.75, 3.05) is 7.05 Å². The molecule has 0 atom stereocenters. The van der Waals surface area contributed by atoms with Gasteiger partial charge in [-0.05, 0) is 26.0 Å². The number of H-pyrrole nitrogens is 1. The van der Waals surface area contributed by atoms with E-state index in [1.54, 1.807) is 4.72 Å². The van der Waals surface area contributed by atoms with E-state index in [4.69, 9.17) is 11.6 Å². The van der Waals surface area contributed by atoms with Crippen molar-refractivity contribution in [1.29, 1.82) is 0 Å². The van der Waals surface area contributed by atoms with Crippen LogP contribution in [-0.4, -0.2) is 41.3 Å². The normalized spacial score (nSPS) is 12.5. The van der Waals surface area contributed by atoms with E-state index in [-0.39, 0.29) is 10.6 Å². The molecule has 0 saturated carbocycles. The molecule has 2 rings (SSSR count). The lowest BCUT2D eigenvalue weighted by atomic mass is 10.1. The first-order chi connectivity index (χ1) is 14.1. The maximum absolute atomic E-state index is 14.4. The third-order valence-electron chi connectivity index (χ3n) is 4.10. The highest BCUT2D eigenvalue weighted by Gasteiger charge is 2.34. The van der Waals surface area contributed by atoms with Gasteiger partial charge in [-0.15, -0.1) is 0 Å². The number of benzene rings is 1. The largest absolute Gasteiger partial charge is 0.431 e. The molecule has 15 heteroatoms. The molecular weight excluding hydrogens is 472 g/mol. The molecule has 170 valence electrons. The Morgan fingerprint density at radius 3 is 2.32 bits per heavy atom. The molecule has 0 radical (unpaired) electrons. The van der Waals surface area contributed by atoms with Gasteiger partial charge in [0, 0.05) is 19.2 Å². The Hall–Kier alpha value is -2.71. The Morgan fingerprint density at radius 2 is 1.84 bits per heavy atom. The third kappa shape index (κ3) is 4.97. The number of amides is 1. The smallest absolute Gasteiger partial charge is 0.303 e. The minimum absolute atomic E-state index is 0.00592. The molecule has 0 spiro atoms. The van der Waals surface area contributed by atoms with Gasteiger partial charge in [0.1, 0.15) is 17.2 Å². The van der Waals surface area contributed by atoms with Gasteiger partial charge >= 0.3 is 22.1 Å². The number of alkyl halides is 3. The average molecular weight is 487 g/mol. The van der Waals surface area contributed by atoms with Crippen LogP contribution in [0.1, 0.15) is 29.9 Å². The van der Waals surface area contributed by atoms with Gasteiger partial charge in [-0.25, -0.2) is 18.5 Å². The van der Waals surface area contributed by atoms with Crippen LogP contribution in [0.25, 0.3) is 5.69 Å². The van der Waals surface area contributed by atoms with E-state index in [0.29, 0.717) is 6.07 Å². The van der Waals surface area contributed by atoms with Crippen molar-refractivity contribution in [2.45, 2.75) is 26.1 Å². The highest BCUT2D eigenvalue weighted by Crippen LogP contribution is 2.28. The highest BCUT2D eigenvalue weighted by molar-refractivity contribution is 7.87. The van der Waals surface area contributed by atoms with E-state index >= 15 is 0 Å². The van der Waals surface area contributed by atoms with Crippen molar-refractivity contribution in [3.63, 3.8) is 0 Å². The molecular formula is C16H15ClF4N4O5S. The number of aromatic amines is 1. The van der Waals surface area contributed by atoms with Crippen molar-refractivity contribution >= 4 is 27.7 Å². The van der Waals surface area contributed by atoms with E-state index in [1.165, 1.54) is 25.9 Å². The molecule has 0 unspecified atom stereocenters. The van der Waals surface area contributed by atoms with E-state index in [1.807, 2.05) is 0 Å². The molecule has 0 aliphatic carbocycles. The lowest BCUT2D eigenvalue weighted by molar-refractivity contribution is -0.141. The summed E-state index contributed by atoms with van der Waals surface area (Å²) in [7, 11) is -3.15. The van der Waals surface area contributed by atoms with Gasteiger partial charge in [-0.1, -0.05) is 11.6 Å². The predicted octanol–water partition coefficient (Wildman–Crippen LogP) is 1.65. The zero-order chi connectivity index (χ0) is 23.9. The standard InChI is InChI=1S/C16H15ClF4N4O5S/c1-7(2)24(3)31(29,30)23-14(27)8-4-5-9(18)13(12(8)17)25-11(26)6-10(16(19,20)21)22-15(25)28/h4-7H,1-3H3,(H,22,28)(H,23,27). The highest BCUT2D eigenvalue weighted by atomic mass is 35.5. The van der Waals surface area contributed by atoms with Crippen LogP contribution < -0.4 is 16.0 Å². The molecule has 0 saturated heterocycles. The van der Waals surface area contributed by atoms with Crippen LogP contribution in [0.3, 0.4) is 0 Å². The molecule has 0 aliphatic heterocycles. The number of nitrogens with one attached hydrogen (secondary N) is 2. The minimum Gasteiger partial charge on any atom is -0.303 e. The summed E-state index contributed by atoms with van der Waals surface area (Å²) in [5, 5.41) is -0.868. The van der Waals surface area contributed by atoms with Gasteiger partial charge < -0.3 is 4.98 Å². The van der Waals surface area contributed by atoms with Crippen LogP contribution >= 0.6 is 11.6 Å². The van der Waals surface area contributed by atoms with Gasteiger partial charge in [0.25, 0.3) is 11.5 Å². The molecule has 0 fully saturated rings. The first-order valence-electron chi connectivity index (χ1n) is 8.30. The summed E-state index contributed by atoms with van der Waals surface area (Å²) in [4.78, 5) is 38.0. The fourth-order valence-corrected chi connectivity index (χ4v) is 3.67. The second-order valence-electron chi connectivity index (χ2n) is 6.46. The maximum Gasteiger partial charge on any atom is 0.431 e. The number of hydrogen-bond donors (Lipinski definition) is 2. The van der Waals surface area contributed by atoms with Crippen LogP contribution in [0.5, 0.6) is 0 Å². The molecule has 0 bridgehead atoms. The summed E-state index contributed by atoms with van der Waals surface area (Å²) in [6, 6.07) is 0.851. The van der Waals surface area contributed by atoms with Crippen molar-refractivity contribution in [2.24, 2.45) is 0 Å². The summed E-state index contributed by atoms with van der Waals surface area (Å²) in [5.74, 6) is -2.65. The Balaban J connectivity index is 2.63. The molecule has 1 aromatic heterocycles. The first-order valence-corrected chi connectivity index (χ1v) is 10.1. The molecule has 0 aliphatic rings. The van der Waals surface area contributed by atoms with E-state index in [0.717, 1.165) is 10.4 Å². The maximum atomic E-state index is 14.4. The van der Waals surface area contributed by atoms with Crippen molar-refractivity contribution in [3.8, 4) is 5.69 Å². The van der Waals surface area contributed by atoms with Gasteiger partial charge in [-0.2, -0.15) is 25.9 Å². The summed E-state index contributed by atoms with van der Waals surface area (Å²) >= 11 is 5.94. The van der Waals surface area contributed by atoms with Crippen LogP contribution in [0, 0.1) is 5.82 Å². The fourth-order valence-electron chi connectivity index (χ4n) is 2.30. The first kappa shape index (κ1) is 24.6. The zero-order valence-corrected chi connectivity index (χ0v) is 17.6. The van der Waals surface area contributed by atoms with Gasteiger partial charge in [0.2, 0.25) is 0 Å². The zero-order valence-electron chi connectivity index (χ0n) is 16.0. The summed E-state index contributed by atoms with van der Waals surface area (Å²) in [6.07, 6.45) is -5.06. The Morgan fingerprint density at radius 1 is 1.26 bits per heavy atom. The molecule has 9 nitrogen and oxygen atoms in total. The average Bonchev–Trinajstić information content (AvgIpc) is 2.61. The quantitative estimate of drug-likeness (QED) is 0.622. The van der Waals surface area contributed by atoms with Gasteiger partial charge in [0.15, 0.2) is 0 Å². The van der Waals surface area contributed by atoms with Crippen LogP contribution in [0.2, 0.25) is 5.02 Å². The van der Waals surface area contributed by atoms with Crippen LogP contribution in [0.15, 0.2) is 27.8 Å². The Labute approximate surface area is 177 Å². The van der Waals surface area contributed by atoms with Crippen molar-refractivity contribution in [1.82, 2.24) is 18.6 Å². The van der Waals surface area contributed by atoms with Crippen molar-refractivity contribution in [3.05, 3.63) is 61.1 Å². The van der Waals surface area contributed by atoms with E-state index in [2.05, 4.69) is 0 Å².